The molecule has 1 aromatic rings. The molecule has 1 aromatic carbocycles. The van der Waals surface area contributed by atoms with Gasteiger partial charge < -0.3 is 14.5 Å². The molecule has 2 atom stereocenters. The standard InChI is InChI=1S/C30H42N2O4/c1-5-11-27-15-10-13-22(2)12-9-14-26(31-35-21-28(33)32-16-7-6-8-17-32)20-25-19-23(3)18-24(4)29(25)30(34)36-27/h9-10,13-14,18-19,22,27H,5-8,11-12,15-17,20-21H2,1-4H3/b13-10+,14-9+,31-26+. The lowest BCUT2D eigenvalue weighted by atomic mass is 9.94. The van der Waals surface area contributed by atoms with Crippen molar-refractivity contribution in [2.75, 3.05) is 19.7 Å². The molecule has 0 radical (unpaired) electrons. The normalized spacial score (nSPS) is 24.4. The Hall–Kier alpha value is -2.89. The summed E-state index contributed by atoms with van der Waals surface area (Å²) in [5.41, 5.74) is 4.11. The number of hydrogen-bond acceptors (Lipinski definition) is 5. The van der Waals surface area contributed by atoms with Gasteiger partial charge in [-0.1, -0.05) is 61.3 Å². The number of piperidine rings is 1. The molecule has 2 heterocycles. The highest BCUT2D eigenvalue weighted by Gasteiger charge is 2.22. The first-order valence-electron chi connectivity index (χ1n) is 13.5. The lowest BCUT2D eigenvalue weighted by molar-refractivity contribution is -0.137. The van der Waals surface area contributed by atoms with E-state index in [0.29, 0.717) is 23.6 Å². The number of fused-ring (bicyclic) bond motifs is 1. The fraction of sp³-hybridized carbons (Fsp3) is 0.567. The van der Waals surface area contributed by atoms with E-state index in [4.69, 9.17) is 9.57 Å². The van der Waals surface area contributed by atoms with Crippen LogP contribution in [0.2, 0.25) is 0 Å². The Balaban J connectivity index is 1.87. The molecule has 2 aliphatic rings. The van der Waals surface area contributed by atoms with Gasteiger partial charge in [-0.3, -0.25) is 4.79 Å². The Morgan fingerprint density at radius 1 is 1.14 bits per heavy atom. The van der Waals surface area contributed by atoms with Gasteiger partial charge in [0.25, 0.3) is 5.91 Å². The zero-order valence-electron chi connectivity index (χ0n) is 22.4. The molecule has 0 spiro atoms. The van der Waals surface area contributed by atoms with E-state index in [-0.39, 0.29) is 24.6 Å². The number of hydrogen-bond donors (Lipinski definition) is 0. The van der Waals surface area contributed by atoms with Crippen molar-refractivity contribution in [2.24, 2.45) is 11.1 Å². The van der Waals surface area contributed by atoms with Crippen LogP contribution in [0.5, 0.6) is 0 Å². The van der Waals surface area contributed by atoms with E-state index in [2.05, 4.69) is 37.2 Å². The predicted molar refractivity (Wildman–Crippen MR) is 144 cm³/mol. The number of ether oxygens (including phenoxy) is 1. The van der Waals surface area contributed by atoms with E-state index in [0.717, 1.165) is 68.3 Å². The molecule has 36 heavy (non-hydrogen) atoms. The molecule has 196 valence electrons. The molecule has 0 bridgehead atoms. The number of cyclic esters (lactones) is 1. The lowest BCUT2D eigenvalue weighted by Crippen LogP contribution is -2.37. The molecule has 0 aromatic heterocycles. The zero-order valence-corrected chi connectivity index (χ0v) is 22.4. The summed E-state index contributed by atoms with van der Waals surface area (Å²) in [7, 11) is 0. The van der Waals surface area contributed by atoms with Crippen LogP contribution >= 0.6 is 0 Å². The number of benzene rings is 1. The molecule has 0 aliphatic carbocycles. The van der Waals surface area contributed by atoms with Crippen molar-refractivity contribution in [3.63, 3.8) is 0 Å². The number of likely N-dealkylation sites (tertiary alicyclic amines) is 1. The van der Waals surface area contributed by atoms with Crippen molar-refractivity contribution in [1.29, 1.82) is 0 Å². The quantitative estimate of drug-likeness (QED) is 0.282. The first-order valence-corrected chi connectivity index (χ1v) is 13.5. The van der Waals surface area contributed by atoms with E-state index in [1.54, 1.807) is 0 Å². The summed E-state index contributed by atoms with van der Waals surface area (Å²) >= 11 is 0. The number of carbonyl (C=O) groups is 2. The highest BCUT2D eigenvalue weighted by Crippen LogP contribution is 2.23. The molecule has 6 heteroatoms. The maximum atomic E-state index is 13.4. The summed E-state index contributed by atoms with van der Waals surface area (Å²) in [4.78, 5) is 33.3. The van der Waals surface area contributed by atoms with Gasteiger partial charge in [0, 0.05) is 25.9 Å². The molecular weight excluding hydrogens is 452 g/mol. The Kier molecular flexibility index (Phi) is 10.8. The summed E-state index contributed by atoms with van der Waals surface area (Å²) in [6.45, 7) is 9.76. The molecular formula is C30H42N2O4. The largest absolute Gasteiger partial charge is 0.458 e. The van der Waals surface area contributed by atoms with E-state index in [9.17, 15) is 9.59 Å². The number of carbonyl (C=O) groups excluding carboxylic acids is 2. The number of oxime groups is 1. The van der Waals surface area contributed by atoms with Gasteiger partial charge in [-0.15, -0.1) is 0 Å². The summed E-state index contributed by atoms with van der Waals surface area (Å²) < 4.78 is 6.00. The molecule has 6 nitrogen and oxygen atoms in total. The fourth-order valence-electron chi connectivity index (χ4n) is 4.93. The van der Waals surface area contributed by atoms with Crippen molar-refractivity contribution < 1.29 is 19.2 Å². The molecule has 2 aliphatic heterocycles. The van der Waals surface area contributed by atoms with Crippen LogP contribution in [0.4, 0.5) is 0 Å². The molecule has 0 N–H and O–H groups in total. The Morgan fingerprint density at radius 2 is 1.92 bits per heavy atom. The number of amides is 1. The smallest absolute Gasteiger partial charge is 0.338 e. The number of esters is 1. The van der Waals surface area contributed by atoms with Gasteiger partial charge in [0.1, 0.15) is 6.10 Å². The molecule has 1 amide bonds. The first-order chi connectivity index (χ1) is 17.4. The second-order valence-electron chi connectivity index (χ2n) is 10.2. The van der Waals surface area contributed by atoms with E-state index in [1.807, 2.05) is 37.0 Å². The van der Waals surface area contributed by atoms with Gasteiger partial charge in [0.2, 0.25) is 0 Å². The first kappa shape index (κ1) is 27.7. The third kappa shape index (κ3) is 8.35. The molecule has 0 saturated carbocycles. The van der Waals surface area contributed by atoms with Crippen LogP contribution in [0.25, 0.3) is 0 Å². The van der Waals surface area contributed by atoms with Gasteiger partial charge >= 0.3 is 5.97 Å². The number of nitrogens with zero attached hydrogens (tertiary/aromatic N) is 2. The number of rotatable bonds is 5. The van der Waals surface area contributed by atoms with Crippen molar-refractivity contribution in [2.45, 2.75) is 85.2 Å². The van der Waals surface area contributed by atoms with Crippen molar-refractivity contribution in [1.82, 2.24) is 4.90 Å². The van der Waals surface area contributed by atoms with E-state index >= 15 is 0 Å². The molecule has 2 unspecified atom stereocenters. The predicted octanol–water partition coefficient (Wildman–Crippen LogP) is 6.10. The van der Waals surface area contributed by atoms with Crippen LogP contribution in [-0.2, 0) is 20.8 Å². The van der Waals surface area contributed by atoms with Crippen molar-refractivity contribution in [3.8, 4) is 0 Å². The van der Waals surface area contributed by atoms with Crippen LogP contribution < -0.4 is 0 Å². The monoisotopic (exact) mass is 494 g/mol. The minimum atomic E-state index is -0.288. The van der Waals surface area contributed by atoms with Crippen LogP contribution in [0.15, 0.2) is 41.6 Å². The van der Waals surface area contributed by atoms with Gasteiger partial charge in [0.15, 0.2) is 6.61 Å². The van der Waals surface area contributed by atoms with Crippen molar-refractivity contribution in [3.05, 3.63) is 58.7 Å². The van der Waals surface area contributed by atoms with Crippen LogP contribution in [0.3, 0.4) is 0 Å². The van der Waals surface area contributed by atoms with Crippen LogP contribution in [0, 0.1) is 19.8 Å². The average molecular weight is 495 g/mol. The summed E-state index contributed by atoms with van der Waals surface area (Å²) in [6.07, 6.45) is 15.3. The number of aryl methyl sites for hydroxylation is 2. The second-order valence-corrected chi connectivity index (χ2v) is 10.2. The Morgan fingerprint density at radius 3 is 2.67 bits per heavy atom. The molecule has 1 saturated heterocycles. The fourth-order valence-corrected chi connectivity index (χ4v) is 4.93. The van der Waals surface area contributed by atoms with Gasteiger partial charge in [0.05, 0.1) is 11.3 Å². The van der Waals surface area contributed by atoms with E-state index in [1.165, 1.54) is 6.42 Å². The van der Waals surface area contributed by atoms with Crippen LogP contribution in [-0.4, -0.2) is 48.3 Å². The minimum absolute atomic E-state index is 0.0275. The zero-order chi connectivity index (χ0) is 25.9. The molecule has 1 fully saturated rings. The highest BCUT2D eigenvalue weighted by atomic mass is 16.6. The maximum absolute atomic E-state index is 13.4. The second kappa shape index (κ2) is 14.0. The molecule has 3 rings (SSSR count). The van der Waals surface area contributed by atoms with Crippen molar-refractivity contribution >= 4 is 17.6 Å². The van der Waals surface area contributed by atoms with Gasteiger partial charge in [-0.05, 0) is 69.1 Å². The Bertz CT molecular complexity index is 989. The maximum Gasteiger partial charge on any atom is 0.338 e. The highest BCUT2D eigenvalue weighted by molar-refractivity contribution is 6.00. The average Bonchev–Trinajstić information content (AvgIpc) is 2.83. The van der Waals surface area contributed by atoms with Gasteiger partial charge in [-0.2, -0.15) is 0 Å². The summed E-state index contributed by atoms with van der Waals surface area (Å²) in [6, 6.07) is 4.04. The third-order valence-electron chi connectivity index (χ3n) is 6.78. The van der Waals surface area contributed by atoms with Gasteiger partial charge in [-0.25, -0.2) is 4.79 Å². The van der Waals surface area contributed by atoms with Crippen LogP contribution in [0.1, 0.15) is 85.8 Å². The third-order valence-corrected chi connectivity index (χ3v) is 6.78. The lowest BCUT2D eigenvalue weighted by Gasteiger charge is -2.26. The minimum Gasteiger partial charge on any atom is -0.458 e. The summed E-state index contributed by atoms with van der Waals surface area (Å²) in [5.74, 6) is 0.0334. The number of allylic oxidation sites excluding steroid dienone is 3. The summed E-state index contributed by atoms with van der Waals surface area (Å²) in [5, 5.41) is 4.35. The SMILES string of the molecule is CCCC1C/C=C/C(C)C/C=C/C(=N\OCC(=O)N2CCCCC2)Cc2cc(C)cc(C)c2C(=O)O1. The van der Waals surface area contributed by atoms with E-state index < -0.39 is 0 Å². The Labute approximate surface area is 216 Å². The topological polar surface area (TPSA) is 68.2 Å².